The second kappa shape index (κ2) is 4.22. The summed E-state index contributed by atoms with van der Waals surface area (Å²) in [6.07, 6.45) is 5.25. The Hall–Kier alpha value is -2.04. The number of nitrogens with zero attached hydrogens (tertiary/aromatic N) is 3. The molecule has 2 aromatic rings. The summed E-state index contributed by atoms with van der Waals surface area (Å²) in [5, 5.41) is 4.18. The Morgan fingerprint density at radius 2 is 2.25 bits per heavy atom. The second-order valence-corrected chi connectivity index (χ2v) is 3.45. The molecule has 0 spiro atoms. The van der Waals surface area contributed by atoms with Crippen molar-refractivity contribution in [2.24, 2.45) is 0 Å². The molecular weight excluding hydrogens is 204 g/mol. The van der Waals surface area contributed by atoms with Gasteiger partial charge in [-0.1, -0.05) is 0 Å². The Bertz CT molecular complexity index is 473. The number of ether oxygens (including phenoxy) is 1. The molecule has 0 atom stereocenters. The summed E-state index contributed by atoms with van der Waals surface area (Å²) < 4.78 is 7.06. The number of rotatable bonds is 3. The summed E-state index contributed by atoms with van der Waals surface area (Å²) in [5.74, 6) is 1.26. The van der Waals surface area contributed by atoms with Crippen LogP contribution < -0.4 is 10.5 Å². The molecule has 0 fully saturated rings. The smallest absolute Gasteiger partial charge is 0.148 e. The lowest BCUT2D eigenvalue weighted by Crippen LogP contribution is -1.99. The van der Waals surface area contributed by atoms with Crippen molar-refractivity contribution in [3.05, 3.63) is 30.2 Å². The summed E-state index contributed by atoms with van der Waals surface area (Å²) in [7, 11) is 0. The van der Waals surface area contributed by atoms with Crippen molar-refractivity contribution >= 4 is 5.82 Å². The zero-order chi connectivity index (χ0) is 11.5. The second-order valence-electron chi connectivity index (χ2n) is 3.45. The predicted molar refractivity (Wildman–Crippen MR) is 61.7 cm³/mol. The van der Waals surface area contributed by atoms with E-state index in [0.29, 0.717) is 12.4 Å². The number of anilines is 1. The SMILES string of the molecule is CCOc1cncc(-n2cc(C)c(N)n2)c1. The molecule has 2 N–H and O–H groups in total. The van der Waals surface area contributed by atoms with Gasteiger partial charge < -0.3 is 10.5 Å². The highest BCUT2D eigenvalue weighted by atomic mass is 16.5. The zero-order valence-electron chi connectivity index (χ0n) is 9.34. The van der Waals surface area contributed by atoms with E-state index in [1.807, 2.05) is 26.1 Å². The molecule has 2 aromatic heterocycles. The lowest BCUT2D eigenvalue weighted by atomic mass is 10.4. The van der Waals surface area contributed by atoms with Crippen LogP contribution in [0.3, 0.4) is 0 Å². The third-order valence-corrected chi connectivity index (χ3v) is 2.21. The molecule has 5 nitrogen and oxygen atoms in total. The maximum absolute atomic E-state index is 5.69. The van der Waals surface area contributed by atoms with E-state index in [0.717, 1.165) is 17.0 Å². The number of hydrogen-bond donors (Lipinski definition) is 1. The molecule has 0 bridgehead atoms. The van der Waals surface area contributed by atoms with Gasteiger partial charge in [0, 0.05) is 17.8 Å². The molecular formula is C11H14N4O. The topological polar surface area (TPSA) is 66.0 Å². The molecule has 16 heavy (non-hydrogen) atoms. The average Bonchev–Trinajstić information content (AvgIpc) is 2.60. The van der Waals surface area contributed by atoms with Gasteiger partial charge in [0.05, 0.1) is 24.7 Å². The highest BCUT2D eigenvalue weighted by Crippen LogP contribution is 2.16. The van der Waals surface area contributed by atoms with Crippen LogP contribution in [0.4, 0.5) is 5.82 Å². The maximum atomic E-state index is 5.69. The Balaban J connectivity index is 2.36. The molecule has 2 rings (SSSR count). The van der Waals surface area contributed by atoms with E-state index >= 15 is 0 Å². The van der Waals surface area contributed by atoms with E-state index in [-0.39, 0.29) is 0 Å². The number of nitrogen functional groups attached to an aromatic ring is 1. The van der Waals surface area contributed by atoms with Crippen molar-refractivity contribution in [2.45, 2.75) is 13.8 Å². The molecule has 0 aromatic carbocycles. The number of hydrogen-bond acceptors (Lipinski definition) is 4. The van der Waals surface area contributed by atoms with Gasteiger partial charge >= 0.3 is 0 Å². The molecule has 5 heteroatoms. The van der Waals surface area contributed by atoms with Crippen molar-refractivity contribution in [3.63, 3.8) is 0 Å². The first-order valence-electron chi connectivity index (χ1n) is 5.10. The Labute approximate surface area is 93.9 Å². The molecule has 0 radical (unpaired) electrons. The Morgan fingerprint density at radius 3 is 2.88 bits per heavy atom. The zero-order valence-corrected chi connectivity index (χ0v) is 9.34. The number of nitrogens with two attached hydrogens (primary N) is 1. The summed E-state index contributed by atoms with van der Waals surface area (Å²) in [6, 6.07) is 1.88. The van der Waals surface area contributed by atoms with Crippen LogP contribution in [0.15, 0.2) is 24.7 Å². The predicted octanol–water partition coefficient (Wildman–Crippen LogP) is 1.56. The normalized spacial score (nSPS) is 10.4. The Kier molecular flexibility index (Phi) is 2.76. The van der Waals surface area contributed by atoms with E-state index in [4.69, 9.17) is 10.5 Å². The first kappa shape index (κ1) is 10.5. The van der Waals surface area contributed by atoms with Crippen molar-refractivity contribution in [2.75, 3.05) is 12.3 Å². The summed E-state index contributed by atoms with van der Waals surface area (Å²) in [6.45, 7) is 4.47. The van der Waals surface area contributed by atoms with Crippen LogP contribution in [0.1, 0.15) is 12.5 Å². The van der Waals surface area contributed by atoms with Crippen LogP contribution in [0.25, 0.3) is 5.69 Å². The van der Waals surface area contributed by atoms with Crippen molar-refractivity contribution < 1.29 is 4.74 Å². The minimum atomic E-state index is 0.529. The first-order valence-corrected chi connectivity index (χ1v) is 5.10. The molecule has 0 amide bonds. The minimum absolute atomic E-state index is 0.529. The fourth-order valence-electron chi connectivity index (χ4n) is 1.38. The van der Waals surface area contributed by atoms with E-state index in [9.17, 15) is 0 Å². The lowest BCUT2D eigenvalue weighted by Gasteiger charge is -2.04. The van der Waals surface area contributed by atoms with Gasteiger partial charge in [-0.05, 0) is 13.8 Å². The van der Waals surface area contributed by atoms with Gasteiger partial charge in [-0.15, -0.1) is 0 Å². The molecule has 0 unspecified atom stereocenters. The molecule has 0 aliphatic carbocycles. The summed E-state index contributed by atoms with van der Waals surface area (Å²) >= 11 is 0. The molecule has 2 heterocycles. The van der Waals surface area contributed by atoms with E-state index in [1.165, 1.54) is 0 Å². The lowest BCUT2D eigenvalue weighted by molar-refractivity contribution is 0.338. The van der Waals surface area contributed by atoms with Gasteiger partial charge in [-0.3, -0.25) is 4.98 Å². The molecule has 0 aliphatic heterocycles. The molecule has 0 saturated carbocycles. The fourth-order valence-corrected chi connectivity index (χ4v) is 1.38. The van der Waals surface area contributed by atoms with Crippen molar-refractivity contribution in [1.82, 2.24) is 14.8 Å². The maximum Gasteiger partial charge on any atom is 0.148 e. The molecule has 0 aliphatic rings. The van der Waals surface area contributed by atoms with Gasteiger partial charge in [-0.2, -0.15) is 5.10 Å². The first-order chi connectivity index (χ1) is 7.70. The third-order valence-electron chi connectivity index (χ3n) is 2.21. The van der Waals surface area contributed by atoms with Crippen LogP contribution in [-0.2, 0) is 0 Å². The van der Waals surface area contributed by atoms with Gasteiger partial charge in [-0.25, -0.2) is 4.68 Å². The highest BCUT2D eigenvalue weighted by molar-refractivity contribution is 5.41. The standard InChI is InChI=1S/C11H14N4O/c1-3-16-10-4-9(5-13-6-10)15-7-8(2)11(12)14-15/h4-7H,3H2,1-2H3,(H2,12,14). The van der Waals surface area contributed by atoms with Crippen LogP contribution in [0.2, 0.25) is 0 Å². The quantitative estimate of drug-likeness (QED) is 0.849. The van der Waals surface area contributed by atoms with Crippen LogP contribution in [-0.4, -0.2) is 21.4 Å². The minimum Gasteiger partial charge on any atom is -0.492 e. The molecule has 84 valence electrons. The highest BCUT2D eigenvalue weighted by Gasteiger charge is 2.04. The summed E-state index contributed by atoms with van der Waals surface area (Å²) in [5.41, 5.74) is 7.48. The van der Waals surface area contributed by atoms with Gasteiger partial charge in [0.2, 0.25) is 0 Å². The van der Waals surface area contributed by atoms with Crippen molar-refractivity contribution in [1.29, 1.82) is 0 Å². The van der Waals surface area contributed by atoms with Gasteiger partial charge in [0.15, 0.2) is 0 Å². The monoisotopic (exact) mass is 218 g/mol. The number of aromatic nitrogens is 3. The van der Waals surface area contributed by atoms with Crippen LogP contribution in [0, 0.1) is 6.92 Å². The van der Waals surface area contributed by atoms with Crippen LogP contribution >= 0.6 is 0 Å². The van der Waals surface area contributed by atoms with Gasteiger partial charge in [0.1, 0.15) is 11.6 Å². The van der Waals surface area contributed by atoms with Crippen molar-refractivity contribution in [3.8, 4) is 11.4 Å². The average molecular weight is 218 g/mol. The third kappa shape index (κ3) is 1.98. The summed E-state index contributed by atoms with van der Waals surface area (Å²) in [4.78, 5) is 4.09. The van der Waals surface area contributed by atoms with Crippen LogP contribution in [0.5, 0.6) is 5.75 Å². The van der Waals surface area contributed by atoms with E-state index < -0.39 is 0 Å². The fraction of sp³-hybridized carbons (Fsp3) is 0.273. The van der Waals surface area contributed by atoms with E-state index in [2.05, 4.69) is 10.1 Å². The Morgan fingerprint density at radius 1 is 1.44 bits per heavy atom. The van der Waals surface area contributed by atoms with Gasteiger partial charge in [0.25, 0.3) is 0 Å². The molecule has 0 saturated heterocycles. The number of pyridine rings is 1. The van der Waals surface area contributed by atoms with E-state index in [1.54, 1.807) is 17.1 Å². The largest absolute Gasteiger partial charge is 0.492 e. The number of aryl methyl sites for hydroxylation is 1.